The minimum atomic E-state index is 0.252. The monoisotopic (exact) mass is 385 g/mol. The average Bonchev–Trinajstić information content (AvgIpc) is 2.49. The van der Waals surface area contributed by atoms with Crippen LogP contribution in [0.5, 0.6) is 0 Å². The smallest absolute Gasteiger partial charge is 0.176 e. The predicted molar refractivity (Wildman–Crippen MR) is 92.2 cm³/mol. The van der Waals surface area contributed by atoms with Crippen molar-refractivity contribution in [3.8, 4) is 0 Å². The van der Waals surface area contributed by atoms with Gasteiger partial charge >= 0.3 is 0 Å². The summed E-state index contributed by atoms with van der Waals surface area (Å²) in [6.45, 7) is 7.31. The van der Waals surface area contributed by atoms with Crippen molar-refractivity contribution >= 4 is 28.4 Å². The summed E-state index contributed by atoms with van der Waals surface area (Å²) < 4.78 is 1.17. The van der Waals surface area contributed by atoms with Crippen molar-refractivity contribution < 1.29 is 4.79 Å². The van der Waals surface area contributed by atoms with Crippen LogP contribution in [0.3, 0.4) is 0 Å². The Morgan fingerprint density at radius 3 is 2.20 bits per heavy atom. The predicted octanol–water partition coefficient (Wildman–Crippen LogP) is 4.38. The molecule has 0 aromatic heterocycles. The maximum absolute atomic E-state index is 12.3. The molecule has 3 heteroatoms. The van der Waals surface area contributed by atoms with E-state index in [1.54, 1.807) is 0 Å². The lowest BCUT2D eigenvalue weighted by Crippen LogP contribution is -2.41. The van der Waals surface area contributed by atoms with Crippen LogP contribution in [-0.2, 0) is 0 Å². The topological polar surface area (TPSA) is 20.3 Å². The molecule has 0 atom stereocenters. The number of nitrogens with zero attached hydrogens (tertiary/aromatic N) is 1. The zero-order chi connectivity index (χ0) is 14.6. The summed E-state index contributed by atoms with van der Waals surface area (Å²) in [5.41, 5.74) is 1.37. The Kier molecular flexibility index (Phi) is 5.61. The van der Waals surface area contributed by atoms with Gasteiger partial charge in [0.15, 0.2) is 5.78 Å². The van der Waals surface area contributed by atoms with E-state index in [4.69, 9.17) is 0 Å². The summed E-state index contributed by atoms with van der Waals surface area (Å²) in [4.78, 5) is 14.6. The molecule has 110 valence electrons. The Morgan fingerprint density at radius 1 is 1.15 bits per heavy atom. The Labute approximate surface area is 136 Å². The fourth-order valence-electron chi connectivity index (χ4n) is 3.07. The first-order valence-electron chi connectivity index (χ1n) is 7.60. The van der Waals surface area contributed by atoms with Crippen LogP contribution < -0.4 is 0 Å². The SMILES string of the molecule is CCC1(CC)CCN(CC(=O)c2ccc(I)cc2)CC1. The highest BCUT2D eigenvalue weighted by molar-refractivity contribution is 14.1. The second-order valence-electron chi connectivity index (χ2n) is 5.91. The van der Waals surface area contributed by atoms with E-state index in [9.17, 15) is 4.79 Å². The van der Waals surface area contributed by atoms with Crippen LogP contribution in [0, 0.1) is 8.99 Å². The first-order chi connectivity index (χ1) is 9.58. The molecular formula is C17H24INO. The zero-order valence-electron chi connectivity index (χ0n) is 12.5. The number of Topliss-reactive ketones (excluding diaryl/α,β-unsaturated/α-hetero) is 1. The van der Waals surface area contributed by atoms with Gasteiger partial charge in [-0.05, 0) is 66.1 Å². The van der Waals surface area contributed by atoms with Gasteiger partial charge in [-0.2, -0.15) is 0 Å². The van der Waals surface area contributed by atoms with E-state index >= 15 is 0 Å². The van der Waals surface area contributed by atoms with Gasteiger partial charge in [-0.15, -0.1) is 0 Å². The van der Waals surface area contributed by atoms with E-state index in [1.165, 1.54) is 29.3 Å². The normalized spacial score (nSPS) is 18.9. The van der Waals surface area contributed by atoms with Crippen molar-refractivity contribution in [2.45, 2.75) is 39.5 Å². The highest BCUT2D eigenvalue weighted by Gasteiger charge is 2.31. The molecular weight excluding hydrogens is 361 g/mol. The zero-order valence-corrected chi connectivity index (χ0v) is 14.7. The molecule has 2 rings (SSSR count). The van der Waals surface area contributed by atoms with Crippen LogP contribution in [0.4, 0.5) is 0 Å². The number of likely N-dealkylation sites (tertiary alicyclic amines) is 1. The fraction of sp³-hybridized carbons (Fsp3) is 0.588. The Bertz CT molecular complexity index is 441. The van der Waals surface area contributed by atoms with Crippen molar-refractivity contribution in [3.05, 3.63) is 33.4 Å². The van der Waals surface area contributed by atoms with Gasteiger partial charge in [0.25, 0.3) is 0 Å². The number of benzene rings is 1. The molecule has 0 N–H and O–H groups in total. The maximum Gasteiger partial charge on any atom is 0.176 e. The third-order valence-electron chi connectivity index (χ3n) is 4.95. The third-order valence-corrected chi connectivity index (χ3v) is 5.67. The van der Waals surface area contributed by atoms with Gasteiger partial charge in [-0.25, -0.2) is 0 Å². The third kappa shape index (κ3) is 3.82. The number of hydrogen-bond donors (Lipinski definition) is 0. The number of rotatable bonds is 5. The van der Waals surface area contributed by atoms with Crippen molar-refractivity contribution in [3.63, 3.8) is 0 Å². The van der Waals surface area contributed by atoms with Crippen LogP contribution in [0.15, 0.2) is 24.3 Å². The minimum Gasteiger partial charge on any atom is -0.296 e. The minimum absolute atomic E-state index is 0.252. The molecule has 1 aliphatic heterocycles. The molecule has 1 aromatic rings. The van der Waals surface area contributed by atoms with E-state index in [0.717, 1.165) is 18.7 Å². The second kappa shape index (κ2) is 7.03. The van der Waals surface area contributed by atoms with E-state index in [0.29, 0.717) is 12.0 Å². The van der Waals surface area contributed by atoms with Gasteiger partial charge < -0.3 is 0 Å². The molecule has 20 heavy (non-hydrogen) atoms. The Morgan fingerprint density at radius 2 is 1.70 bits per heavy atom. The van der Waals surface area contributed by atoms with Crippen molar-refractivity contribution in [1.29, 1.82) is 0 Å². The molecule has 0 unspecified atom stereocenters. The number of halogens is 1. The van der Waals surface area contributed by atoms with Crippen molar-refractivity contribution in [2.75, 3.05) is 19.6 Å². The summed E-state index contributed by atoms with van der Waals surface area (Å²) in [5.74, 6) is 0.252. The van der Waals surface area contributed by atoms with E-state index < -0.39 is 0 Å². The van der Waals surface area contributed by atoms with Crippen LogP contribution in [0.1, 0.15) is 49.9 Å². The number of hydrogen-bond acceptors (Lipinski definition) is 2. The lowest BCUT2D eigenvalue weighted by Gasteiger charge is -2.40. The fourth-order valence-corrected chi connectivity index (χ4v) is 3.43. The van der Waals surface area contributed by atoms with Crippen molar-refractivity contribution in [2.24, 2.45) is 5.41 Å². The number of carbonyl (C=O) groups is 1. The summed E-state index contributed by atoms with van der Waals surface area (Å²) >= 11 is 2.27. The van der Waals surface area contributed by atoms with Crippen LogP contribution in [0.25, 0.3) is 0 Å². The van der Waals surface area contributed by atoms with Crippen LogP contribution in [0.2, 0.25) is 0 Å². The molecule has 1 saturated heterocycles. The van der Waals surface area contributed by atoms with Crippen molar-refractivity contribution in [1.82, 2.24) is 4.90 Å². The standard InChI is InChI=1S/C17H24INO/c1-3-17(4-2)9-11-19(12-10-17)13-16(20)14-5-7-15(18)8-6-14/h5-8H,3-4,9-13H2,1-2H3. The summed E-state index contributed by atoms with van der Waals surface area (Å²) in [5, 5.41) is 0. The first kappa shape index (κ1) is 16.0. The molecule has 0 saturated carbocycles. The van der Waals surface area contributed by atoms with Gasteiger partial charge in [0.05, 0.1) is 6.54 Å². The van der Waals surface area contributed by atoms with Gasteiger partial charge in [-0.3, -0.25) is 9.69 Å². The van der Waals surface area contributed by atoms with E-state index in [-0.39, 0.29) is 5.78 Å². The summed E-state index contributed by atoms with van der Waals surface area (Å²) in [7, 11) is 0. The van der Waals surface area contributed by atoms with E-state index in [1.807, 2.05) is 24.3 Å². The number of carbonyl (C=O) groups excluding carboxylic acids is 1. The molecule has 1 fully saturated rings. The van der Waals surface area contributed by atoms with E-state index in [2.05, 4.69) is 41.3 Å². The summed E-state index contributed by atoms with van der Waals surface area (Å²) in [6, 6.07) is 7.89. The average molecular weight is 385 g/mol. The molecule has 2 nitrogen and oxygen atoms in total. The molecule has 1 heterocycles. The van der Waals surface area contributed by atoms with Crippen LogP contribution >= 0.6 is 22.6 Å². The number of piperidine rings is 1. The van der Waals surface area contributed by atoms with Gasteiger partial charge in [0.1, 0.15) is 0 Å². The van der Waals surface area contributed by atoms with Gasteiger partial charge in [0, 0.05) is 9.13 Å². The van der Waals surface area contributed by atoms with Gasteiger partial charge in [-0.1, -0.05) is 38.8 Å². The van der Waals surface area contributed by atoms with Crippen LogP contribution in [-0.4, -0.2) is 30.3 Å². The highest BCUT2D eigenvalue weighted by atomic mass is 127. The van der Waals surface area contributed by atoms with Gasteiger partial charge in [0.2, 0.25) is 0 Å². The Hall–Kier alpha value is -0.420. The summed E-state index contributed by atoms with van der Waals surface area (Å²) in [6.07, 6.45) is 5.00. The second-order valence-corrected chi connectivity index (χ2v) is 7.16. The quantitative estimate of drug-likeness (QED) is 0.554. The maximum atomic E-state index is 12.3. The Balaban J connectivity index is 1.89. The molecule has 0 spiro atoms. The molecule has 0 radical (unpaired) electrons. The molecule has 1 aliphatic rings. The molecule has 0 amide bonds. The molecule has 1 aromatic carbocycles. The number of ketones is 1. The lowest BCUT2D eigenvalue weighted by molar-refractivity contribution is 0.0756. The molecule has 0 bridgehead atoms. The molecule has 0 aliphatic carbocycles. The highest BCUT2D eigenvalue weighted by Crippen LogP contribution is 2.37. The largest absolute Gasteiger partial charge is 0.296 e. The first-order valence-corrected chi connectivity index (χ1v) is 8.67. The lowest BCUT2D eigenvalue weighted by atomic mass is 9.74.